The third kappa shape index (κ3) is 3.16. The van der Waals surface area contributed by atoms with E-state index in [0.717, 1.165) is 17.9 Å². The molecule has 5 heteroatoms. The van der Waals surface area contributed by atoms with Crippen LogP contribution in [0.4, 0.5) is 5.95 Å². The second-order valence-corrected chi connectivity index (χ2v) is 5.77. The quantitative estimate of drug-likeness (QED) is 0.882. The highest BCUT2D eigenvalue weighted by atomic mass is 15.2. The van der Waals surface area contributed by atoms with Crippen molar-refractivity contribution in [3.63, 3.8) is 0 Å². The van der Waals surface area contributed by atoms with Crippen LogP contribution in [-0.4, -0.2) is 46.8 Å². The first kappa shape index (κ1) is 13.2. The van der Waals surface area contributed by atoms with Gasteiger partial charge in [0.2, 0.25) is 5.95 Å². The molecule has 0 radical (unpaired) electrons. The third-order valence-electron chi connectivity index (χ3n) is 3.96. The Morgan fingerprint density at radius 3 is 2.44 bits per heavy atom. The van der Waals surface area contributed by atoms with Gasteiger partial charge in [-0.15, -0.1) is 5.10 Å². The van der Waals surface area contributed by atoms with Crippen LogP contribution in [0.3, 0.4) is 0 Å². The maximum Gasteiger partial charge on any atom is 0.242 e. The van der Waals surface area contributed by atoms with E-state index in [1.54, 1.807) is 0 Å². The standard InChI is InChI=1S/C13H23N5/c1-10-11(2)16-17-12(15-10)14-9-13(3)5-7-18(4)8-6-13/h5-9H2,1-4H3,(H,14,15,17). The highest BCUT2D eigenvalue weighted by Crippen LogP contribution is 2.30. The average Bonchev–Trinajstić information content (AvgIpc) is 2.35. The van der Waals surface area contributed by atoms with Gasteiger partial charge in [-0.25, -0.2) is 4.98 Å². The molecule has 1 aliphatic rings. The Kier molecular flexibility index (Phi) is 3.80. The van der Waals surface area contributed by atoms with Gasteiger partial charge in [-0.3, -0.25) is 0 Å². The van der Waals surface area contributed by atoms with Gasteiger partial charge in [0.25, 0.3) is 0 Å². The highest BCUT2D eigenvalue weighted by Gasteiger charge is 2.28. The summed E-state index contributed by atoms with van der Waals surface area (Å²) < 4.78 is 0. The van der Waals surface area contributed by atoms with Crippen LogP contribution in [0.5, 0.6) is 0 Å². The number of hydrogen-bond acceptors (Lipinski definition) is 5. The number of likely N-dealkylation sites (tertiary alicyclic amines) is 1. The van der Waals surface area contributed by atoms with Gasteiger partial charge in [-0.05, 0) is 52.2 Å². The lowest BCUT2D eigenvalue weighted by atomic mass is 9.80. The molecule has 0 unspecified atom stereocenters. The number of hydrogen-bond donors (Lipinski definition) is 1. The summed E-state index contributed by atoms with van der Waals surface area (Å²) in [4.78, 5) is 6.79. The van der Waals surface area contributed by atoms with E-state index in [0.29, 0.717) is 11.4 Å². The highest BCUT2D eigenvalue weighted by molar-refractivity contribution is 5.25. The van der Waals surface area contributed by atoms with Gasteiger partial charge in [0.15, 0.2) is 0 Å². The van der Waals surface area contributed by atoms with Gasteiger partial charge >= 0.3 is 0 Å². The second-order valence-electron chi connectivity index (χ2n) is 5.77. The molecule has 0 aromatic carbocycles. The molecule has 1 saturated heterocycles. The Labute approximate surface area is 109 Å². The van der Waals surface area contributed by atoms with Crippen LogP contribution in [0.1, 0.15) is 31.2 Å². The number of nitrogens with one attached hydrogen (secondary N) is 1. The summed E-state index contributed by atoms with van der Waals surface area (Å²) in [6.45, 7) is 9.49. The number of piperidine rings is 1. The fraction of sp³-hybridized carbons (Fsp3) is 0.769. The van der Waals surface area contributed by atoms with E-state index < -0.39 is 0 Å². The predicted molar refractivity (Wildman–Crippen MR) is 72.6 cm³/mol. The molecule has 100 valence electrons. The Bertz CT molecular complexity index is 410. The Morgan fingerprint density at radius 1 is 1.17 bits per heavy atom. The summed E-state index contributed by atoms with van der Waals surface area (Å²) in [5.74, 6) is 0.651. The molecule has 1 aromatic heterocycles. The van der Waals surface area contributed by atoms with Crippen molar-refractivity contribution in [3.8, 4) is 0 Å². The molecule has 1 fully saturated rings. The molecule has 0 saturated carbocycles. The van der Waals surface area contributed by atoms with E-state index in [9.17, 15) is 0 Å². The predicted octanol–water partition coefficient (Wildman–Crippen LogP) is 1.63. The lowest BCUT2D eigenvalue weighted by Crippen LogP contribution is -2.40. The first-order chi connectivity index (χ1) is 8.48. The van der Waals surface area contributed by atoms with Crippen molar-refractivity contribution in [2.45, 2.75) is 33.6 Å². The summed E-state index contributed by atoms with van der Waals surface area (Å²) in [6.07, 6.45) is 2.43. The van der Waals surface area contributed by atoms with Gasteiger partial charge in [-0.2, -0.15) is 5.10 Å². The Morgan fingerprint density at radius 2 is 1.83 bits per heavy atom. The lowest BCUT2D eigenvalue weighted by molar-refractivity contribution is 0.150. The SMILES string of the molecule is Cc1nnc(NCC2(C)CCN(C)CC2)nc1C. The maximum absolute atomic E-state index is 4.41. The minimum atomic E-state index is 0.342. The van der Waals surface area contributed by atoms with Crippen LogP contribution < -0.4 is 5.32 Å². The molecule has 2 rings (SSSR count). The summed E-state index contributed by atoms with van der Waals surface area (Å²) in [6, 6.07) is 0. The smallest absolute Gasteiger partial charge is 0.242 e. The van der Waals surface area contributed by atoms with E-state index in [4.69, 9.17) is 0 Å². The van der Waals surface area contributed by atoms with Crippen molar-refractivity contribution in [2.24, 2.45) is 5.41 Å². The van der Waals surface area contributed by atoms with Crippen LogP contribution >= 0.6 is 0 Å². The zero-order chi connectivity index (χ0) is 13.2. The van der Waals surface area contributed by atoms with Crippen molar-refractivity contribution < 1.29 is 0 Å². The van der Waals surface area contributed by atoms with Crippen LogP contribution in [-0.2, 0) is 0 Å². The summed E-state index contributed by atoms with van der Waals surface area (Å²) in [7, 11) is 2.18. The topological polar surface area (TPSA) is 53.9 Å². The minimum absolute atomic E-state index is 0.342. The third-order valence-corrected chi connectivity index (χ3v) is 3.96. The van der Waals surface area contributed by atoms with Gasteiger partial charge in [0.1, 0.15) is 0 Å². The summed E-state index contributed by atoms with van der Waals surface area (Å²) in [5, 5.41) is 11.5. The molecule has 0 amide bonds. The molecular formula is C13H23N5. The van der Waals surface area contributed by atoms with E-state index in [2.05, 4.69) is 39.4 Å². The van der Waals surface area contributed by atoms with Crippen molar-refractivity contribution in [3.05, 3.63) is 11.4 Å². The molecule has 0 atom stereocenters. The Balaban J connectivity index is 1.92. The summed E-state index contributed by atoms with van der Waals surface area (Å²) in [5.41, 5.74) is 2.18. The van der Waals surface area contributed by atoms with Crippen LogP contribution in [0.15, 0.2) is 0 Å². The Hall–Kier alpha value is -1.23. The minimum Gasteiger partial charge on any atom is -0.352 e. The average molecular weight is 249 g/mol. The van der Waals surface area contributed by atoms with Crippen LogP contribution in [0, 0.1) is 19.3 Å². The van der Waals surface area contributed by atoms with E-state index in [-0.39, 0.29) is 0 Å². The van der Waals surface area contributed by atoms with Crippen LogP contribution in [0.2, 0.25) is 0 Å². The van der Waals surface area contributed by atoms with E-state index >= 15 is 0 Å². The molecule has 0 spiro atoms. The fourth-order valence-electron chi connectivity index (χ4n) is 2.16. The van der Waals surface area contributed by atoms with Crippen molar-refractivity contribution >= 4 is 5.95 Å². The first-order valence-corrected chi connectivity index (χ1v) is 6.59. The van der Waals surface area contributed by atoms with Gasteiger partial charge in [-0.1, -0.05) is 6.92 Å². The number of nitrogens with zero attached hydrogens (tertiary/aromatic N) is 4. The molecule has 1 N–H and O–H groups in total. The van der Waals surface area contributed by atoms with Gasteiger partial charge < -0.3 is 10.2 Å². The van der Waals surface area contributed by atoms with E-state index in [1.165, 1.54) is 25.9 Å². The molecule has 0 bridgehead atoms. The number of aromatic nitrogens is 3. The monoisotopic (exact) mass is 249 g/mol. The zero-order valence-electron chi connectivity index (χ0n) is 11.8. The van der Waals surface area contributed by atoms with Gasteiger partial charge in [0, 0.05) is 6.54 Å². The molecule has 0 aliphatic carbocycles. The molecule has 1 aliphatic heterocycles. The number of aryl methyl sites for hydroxylation is 2. The molecule has 5 nitrogen and oxygen atoms in total. The fourth-order valence-corrected chi connectivity index (χ4v) is 2.16. The normalized spacial score (nSPS) is 19.8. The van der Waals surface area contributed by atoms with E-state index in [1.807, 2.05) is 13.8 Å². The largest absolute Gasteiger partial charge is 0.352 e. The number of rotatable bonds is 3. The molecular weight excluding hydrogens is 226 g/mol. The van der Waals surface area contributed by atoms with Crippen molar-refractivity contribution in [2.75, 3.05) is 32.0 Å². The lowest BCUT2D eigenvalue weighted by Gasteiger charge is -2.37. The van der Waals surface area contributed by atoms with Crippen molar-refractivity contribution in [1.29, 1.82) is 0 Å². The summed E-state index contributed by atoms with van der Waals surface area (Å²) >= 11 is 0. The first-order valence-electron chi connectivity index (χ1n) is 6.59. The molecule has 2 heterocycles. The number of anilines is 1. The van der Waals surface area contributed by atoms with Gasteiger partial charge in [0.05, 0.1) is 11.4 Å². The zero-order valence-corrected chi connectivity index (χ0v) is 11.8. The molecule has 18 heavy (non-hydrogen) atoms. The molecule has 1 aromatic rings. The van der Waals surface area contributed by atoms with Crippen LogP contribution in [0.25, 0.3) is 0 Å². The van der Waals surface area contributed by atoms with Crippen molar-refractivity contribution in [1.82, 2.24) is 20.1 Å². The second kappa shape index (κ2) is 5.18. The maximum atomic E-state index is 4.41.